The lowest BCUT2D eigenvalue weighted by molar-refractivity contribution is -0.142. The minimum atomic E-state index is -1.37. The van der Waals surface area contributed by atoms with E-state index < -0.39 is 30.4 Å². The normalized spacial score (nSPS) is 11.4. The first-order valence-corrected chi connectivity index (χ1v) is 5.51. The van der Waals surface area contributed by atoms with Crippen molar-refractivity contribution in [2.75, 3.05) is 13.2 Å². The molecule has 1 rings (SSSR count). The first kappa shape index (κ1) is 14.7. The molecule has 0 saturated heterocycles. The van der Waals surface area contributed by atoms with Gasteiger partial charge in [0.15, 0.2) is 0 Å². The average Bonchev–Trinajstić information content (AvgIpc) is 2.42. The Morgan fingerprint density at radius 2 is 1.79 bits per heavy atom. The number of rotatable bonds is 6. The van der Waals surface area contributed by atoms with Gasteiger partial charge in [-0.1, -0.05) is 18.2 Å². The molecule has 0 unspecified atom stereocenters. The van der Waals surface area contributed by atoms with Gasteiger partial charge in [0.2, 0.25) is 5.91 Å². The third-order valence-corrected chi connectivity index (χ3v) is 2.26. The number of aliphatic hydroxyl groups excluding tert-OH is 1. The molecule has 0 heterocycles. The minimum Gasteiger partial charge on any atom is -0.480 e. The number of benzene rings is 1. The topological polar surface area (TPSA) is 116 Å². The highest BCUT2D eigenvalue weighted by Gasteiger charge is 2.18. The largest absolute Gasteiger partial charge is 0.480 e. The lowest BCUT2D eigenvalue weighted by Crippen LogP contribution is -2.47. The summed E-state index contributed by atoms with van der Waals surface area (Å²) in [5.41, 5.74) is 0.396. The average molecular weight is 266 g/mol. The molecule has 19 heavy (non-hydrogen) atoms. The maximum absolute atomic E-state index is 11.6. The third-order valence-electron chi connectivity index (χ3n) is 2.26. The summed E-state index contributed by atoms with van der Waals surface area (Å²) >= 11 is 0. The van der Waals surface area contributed by atoms with Crippen LogP contribution >= 0.6 is 0 Å². The Hall–Kier alpha value is -2.41. The molecule has 102 valence electrons. The second-order valence-electron chi connectivity index (χ2n) is 3.69. The van der Waals surface area contributed by atoms with Gasteiger partial charge in [-0.2, -0.15) is 0 Å². The summed E-state index contributed by atoms with van der Waals surface area (Å²) in [5, 5.41) is 21.7. The first-order valence-electron chi connectivity index (χ1n) is 5.51. The highest BCUT2D eigenvalue weighted by molar-refractivity contribution is 5.96. The molecular formula is C12H14N2O5. The molecular weight excluding hydrogens is 252 g/mol. The first-order chi connectivity index (χ1) is 9.04. The van der Waals surface area contributed by atoms with Crippen molar-refractivity contribution >= 4 is 17.8 Å². The molecule has 2 amide bonds. The van der Waals surface area contributed by atoms with Crippen LogP contribution in [0.1, 0.15) is 10.4 Å². The van der Waals surface area contributed by atoms with Crippen molar-refractivity contribution in [3.05, 3.63) is 35.9 Å². The Bertz CT molecular complexity index is 460. The zero-order valence-electron chi connectivity index (χ0n) is 10.00. The van der Waals surface area contributed by atoms with Crippen LogP contribution < -0.4 is 10.6 Å². The van der Waals surface area contributed by atoms with Crippen molar-refractivity contribution in [2.45, 2.75) is 6.04 Å². The number of amides is 2. The maximum atomic E-state index is 11.6. The van der Waals surface area contributed by atoms with Crippen LogP contribution in [0, 0.1) is 0 Å². The molecule has 0 aromatic heterocycles. The Kier molecular flexibility index (Phi) is 5.49. The maximum Gasteiger partial charge on any atom is 0.328 e. The van der Waals surface area contributed by atoms with E-state index in [1.807, 2.05) is 0 Å². The summed E-state index contributed by atoms with van der Waals surface area (Å²) in [4.78, 5) is 33.5. The Morgan fingerprint density at radius 1 is 1.16 bits per heavy atom. The molecule has 0 aliphatic carbocycles. The predicted octanol–water partition coefficient (Wildman–Crippen LogP) is -1.02. The molecule has 0 spiro atoms. The van der Waals surface area contributed by atoms with Crippen molar-refractivity contribution in [1.82, 2.24) is 10.6 Å². The summed E-state index contributed by atoms with van der Waals surface area (Å²) in [6.07, 6.45) is 0. The van der Waals surface area contributed by atoms with Gasteiger partial charge in [0.25, 0.3) is 5.91 Å². The second-order valence-corrected chi connectivity index (χ2v) is 3.69. The molecule has 0 aliphatic heterocycles. The second kappa shape index (κ2) is 7.12. The van der Waals surface area contributed by atoms with E-state index in [1.165, 1.54) is 0 Å². The summed E-state index contributed by atoms with van der Waals surface area (Å²) in [5.74, 6) is -2.47. The van der Waals surface area contributed by atoms with Gasteiger partial charge in [-0.25, -0.2) is 4.79 Å². The molecule has 0 radical (unpaired) electrons. The summed E-state index contributed by atoms with van der Waals surface area (Å²) in [6.45, 7) is -1.08. The van der Waals surface area contributed by atoms with Gasteiger partial charge in [0.05, 0.1) is 13.2 Å². The number of aliphatic carboxylic acids is 1. The predicted molar refractivity (Wildman–Crippen MR) is 65.4 cm³/mol. The number of hydrogen-bond donors (Lipinski definition) is 4. The quantitative estimate of drug-likeness (QED) is 0.526. The fraction of sp³-hybridized carbons (Fsp3) is 0.250. The van der Waals surface area contributed by atoms with Crippen LogP contribution in [0.4, 0.5) is 0 Å². The van der Waals surface area contributed by atoms with Gasteiger partial charge < -0.3 is 20.8 Å². The van der Waals surface area contributed by atoms with Crippen LogP contribution in [0.25, 0.3) is 0 Å². The smallest absolute Gasteiger partial charge is 0.328 e. The highest BCUT2D eigenvalue weighted by atomic mass is 16.4. The van der Waals surface area contributed by atoms with E-state index >= 15 is 0 Å². The molecule has 0 saturated carbocycles. The number of carbonyl (C=O) groups is 3. The Balaban J connectivity index is 2.42. The van der Waals surface area contributed by atoms with E-state index in [-0.39, 0.29) is 6.54 Å². The molecule has 7 nitrogen and oxygen atoms in total. The Labute approximate surface area is 109 Å². The van der Waals surface area contributed by atoms with Gasteiger partial charge in [-0.05, 0) is 12.1 Å². The number of carboxylic acid groups (broad SMARTS) is 1. The standard InChI is InChI=1S/C12H14N2O5/c15-7-9(12(18)19)14-10(16)6-13-11(17)8-4-2-1-3-5-8/h1-5,9,15H,6-7H2,(H,13,17)(H,14,16)(H,18,19)/t9-/m1/s1. The van der Waals surface area contributed by atoms with Crippen molar-refractivity contribution in [2.24, 2.45) is 0 Å². The summed E-state index contributed by atoms with van der Waals surface area (Å²) in [7, 11) is 0. The molecule has 0 fully saturated rings. The van der Waals surface area contributed by atoms with Crippen molar-refractivity contribution in [3.8, 4) is 0 Å². The zero-order valence-corrected chi connectivity index (χ0v) is 10.00. The van der Waals surface area contributed by atoms with E-state index in [4.69, 9.17) is 10.2 Å². The molecule has 0 bridgehead atoms. The molecule has 7 heteroatoms. The lowest BCUT2D eigenvalue weighted by Gasteiger charge is -2.12. The van der Waals surface area contributed by atoms with Crippen LogP contribution in [0.5, 0.6) is 0 Å². The third kappa shape index (κ3) is 4.76. The van der Waals surface area contributed by atoms with E-state index in [0.717, 1.165) is 0 Å². The van der Waals surface area contributed by atoms with Crippen LogP contribution in [0.2, 0.25) is 0 Å². The molecule has 0 aliphatic rings. The molecule has 1 aromatic carbocycles. The van der Waals surface area contributed by atoms with Crippen LogP contribution in [-0.4, -0.2) is 47.2 Å². The van der Waals surface area contributed by atoms with E-state index in [9.17, 15) is 14.4 Å². The number of carboxylic acids is 1. The zero-order chi connectivity index (χ0) is 14.3. The Morgan fingerprint density at radius 3 is 2.32 bits per heavy atom. The SMILES string of the molecule is O=C(CNC(=O)c1ccccc1)N[C@H](CO)C(=O)O. The highest BCUT2D eigenvalue weighted by Crippen LogP contribution is 1.97. The van der Waals surface area contributed by atoms with Crippen molar-refractivity contribution < 1.29 is 24.6 Å². The van der Waals surface area contributed by atoms with Gasteiger partial charge in [0, 0.05) is 5.56 Å². The minimum absolute atomic E-state index is 0.364. The molecule has 1 aromatic rings. The molecule has 1 atom stereocenters. The summed E-state index contributed by atoms with van der Waals surface area (Å²) in [6, 6.07) is 6.91. The lowest BCUT2D eigenvalue weighted by atomic mass is 10.2. The van der Waals surface area contributed by atoms with Crippen LogP contribution in [-0.2, 0) is 9.59 Å². The number of hydrogen-bond acceptors (Lipinski definition) is 4. The molecule has 4 N–H and O–H groups in total. The van der Waals surface area contributed by atoms with Gasteiger partial charge >= 0.3 is 5.97 Å². The van der Waals surface area contributed by atoms with Gasteiger partial charge in [0.1, 0.15) is 6.04 Å². The van der Waals surface area contributed by atoms with E-state index in [0.29, 0.717) is 5.56 Å². The number of aliphatic hydroxyl groups is 1. The number of nitrogens with one attached hydrogen (secondary N) is 2. The van der Waals surface area contributed by atoms with Crippen LogP contribution in [0.15, 0.2) is 30.3 Å². The van der Waals surface area contributed by atoms with E-state index in [2.05, 4.69) is 10.6 Å². The van der Waals surface area contributed by atoms with Gasteiger partial charge in [-0.3, -0.25) is 9.59 Å². The number of carbonyl (C=O) groups excluding carboxylic acids is 2. The van der Waals surface area contributed by atoms with E-state index in [1.54, 1.807) is 30.3 Å². The van der Waals surface area contributed by atoms with Crippen molar-refractivity contribution in [3.63, 3.8) is 0 Å². The monoisotopic (exact) mass is 266 g/mol. The van der Waals surface area contributed by atoms with Crippen LogP contribution in [0.3, 0.4) is 0 Å². The van der Waals surface area contributed by atoms with Gasteiger partial charge in [-0.15, -0.1) is 0 Å². The fourth-order valence-corrected chi connectivity index (χ4v) is 1.28. The fourth-order valence-electron chi connectivity index (χ4n) is 1.28. The summed E-state index contributed by atoms with van der Waals surface area (Å²) < 4.78 is 0. The van der Waals surface area contributed by atoms with Crippen molar-refractivity contribution in [1.29, 1.82) is 0 Å².